The maximum absolute atomic E-state index is 12.5. The molecule has 0 spiro atoms. The second-order valence-corrected chi connectivity index (χ2v) is 6.79. The van der Waals surface area contributed by atoms with Crippen LogP contribution in [-0.4, -0.2) is 28.6 Å². The first-order valence-electron chi connectivity index (χ1n) is 8.64. The Morgan fingerprint density at radius 2 is 1.80 bits per heavy atom. The Kier molecular flexibility index (Phi) is 4.66. The van der Waals surface area contributed by atoms with Crippen LogP contribution in [0.4, 0.5) is 0 Å². The Balaban J connectivity index is 1.78. The number of esters is 1. The number of hydrogen-bond acceptors (Lipinski definition) is 3. The summed E-state index contributed by atoms with van der Waals surface area (Å²) in [6, 6.07) is 10.2. The molecule has 1 aromatic carbocycles. The summed E-state index contributed by atoms with van der Waals surface area (Å²) in [6.07, 6.45) is 1.21. The normalized spacial score (nSPS) is 14.9. The Bertz CT molecular complexity index is 801. The first kappa shape index (κ1) is 17.3. The summed E-state index contributed by atoms with van der Waals surface area (Å²) in [7, 11) is 0. The highest BCUT2D eigenvalue weighted by Gasteiger charge is 2.28. The van der Waals surface area contributed by atoms with E-state index in [4.69, 9.17) is 4.74 Å². The Labute approximate surface area is 148 Å². The fourth-order valence-corrected chi connectivity index (χ4v) is 2.88. The third kappa shape index (κ3) is 3.76. The number of amides is 1. The van der Waals surface area contributed by atoms with E-state index in [1.54, 1.807) is 6.92 Å². The predicted octanol–water partition coefficient (Wildman–Crippen LogP) is 3.23. The zero-order valence-electron chi connectivity index (χ0n) is 15.1. The number of aryl methyl sites for hydroxylation is 2. The maximum Gasteiger partial charge on any atom is 0.340 e. The number of nitrogens with one attached hydrogen (secondary N) is 1. The van der Waals surface area contributed by atoms with Crippen molar-refractivity contribution in [3.63, 3.8) is 0 Å². The summed E-state index contributed by atoms with van der Waals surface area (Å²) >= 11 is 0. The van der Waals surface area contributed by atoms with Gasteiger partial charge in [0.15, 0.2) is 6.10 Å². The van der Waals surface area contributed by atoms with Gasteiger partial charge in [0.1, 0.15) is 0 Å². The summed E-state index contributed by atoms with van der Waals surface area (Å²) in [4.78, 5) is 24.5. The number of rotatable bonds is 5. The molecule has 1 saturated carbocycles. The molecule has 0 bridgehead atoms. The largest absolute Gasteiger partial charge is 0.449 e. The zero-order chi connectivity index (χ0) is 18.1. The SMILES string of the molecule is Cc1ccc(-n2c(C)cc(C(=O)OC(C)C(=O)NC3CC3)c2C)cc1. The van der Waals surface area contributed by atoms with Gasteiger partial charge in [-0.25, -0.2) is 4.79 Å². The Hall–Kier alpha value is -2.56. The Morgan fingerprint density at radius 3 is 2.40 bits per heavy atom. The number of nitrogens with zero attached hydrogens (tertiary/aromatic N) is 1. The summed E-state index contributed by atoms with van der Waals surface area (Å²) in [6.45, 7) is 7.48. The quantitative estimate of drug-likeness (QED) is 0.850. The molecule has 0 saturated heterocycles. The van der Waals surface area contributed by atoms with Crippen LogP contribution in [-0.2, 0) is 9.53 Å². The van der Waals surface area contributed by atoms with Gasteiger partial charge in [0.25, 0.3) is 5.91 Å². The first-order valence-corrected chi connectivity index (χ1v) is 8.64. The molecule has 1 fully saturated rings. The molecule has 5 nitrogen and oxygen atoms in total. The summed E-state index contributed by atoms with van der Waals surface area (Å²) in [5.41, 5.74) is 4.43. The summed E-state index contributed by atoms with van der Waals surface area (Å²) in [5, 5.41) is 2.85. The maximum atomic E-state index is 12.5. The van der Waals surface area contributed by atoms with Gasteiger partial charge in [-0.05, 0) is 58.7 Å². The molecule has 0 aliphatic heterocycles. The van der Waals surface area contributed by atoms with Gasteiger partial charge in [-0.3, -0.25) is 4.79 Å². The number of carbonyl (C=O) groups excluding carboxylic acids is 2. The van der Waals surface area contributed by atoms with E-state index in [-0.39, 0.29) is 11.9 Å². The second-order valence-electron chi connectivity index (χ2n) is 6.79. The molecule has 1 heterocycles. The molecule has 1 N–H and O–H groups in total. The number of hydrogen-bond donors (Lipinski definition) is 1. The molecule has 5 heteroatoms. The van der Waals surface area contributed by atoms with Crippen LogP contribution in [0.1, 0.15) is 47.1 Å². The van der Waals surface area contributed by atoms with Gasteiger partial charge in [-0.15, -0.1) is 0 Å². The lowest BCUT2D eigenvalue weighted by Gasteiger charge is -2.13. The van der Waals surface area contributed by atoms with Crippen molar-refractivity contribution < 1.29 is 14.3 Å². The fraction of sp³-hybridized carbons (Fsp3) is 0.400. The summed E-state index contributed by atoms with van der Waals surface area (Å²) in [5.74, 6) is -0.701. The van der Waals surface area contributed by atoms with E-state index in [2.05, 4.69) is 5.32 Å². The molecule has 132 valence electrons. The molecule has 3 rings (SSSR count). The minimum absolute atomic E-state index is 0.233. The molecule has 2 aromatic rings. The smallest absolute Gasteiger partial charge is 0.340 e. The van der Waals surface area contributed by atoms with Gasteiger partial charge in [-0.1, -0.05) is 17.7 Å². The molecule has 1 amide bonds. The highest BCUT2D eigenvalue weighted by Crippen LogP contribution is 2.23. The second kappa shape index (κ2) is 6.75. The molecule has 25 heavy (non-hydrogen) atoms. The van der Waals surface area contributed by atoms with Crippen molar-refractivity contribution >= 4 is 11.9 Å². The lowest BCUT2D eigenvalue weighted by atomic mass is 10.2. The van der Waals surface area contributed by atoms with Crippen LogP contribution in [0.15, 0.2) is 30.3 Å². The van der Waals surface area contributed by atoms with Crippen molar-refractivity contribution in [3.8, 4) is 5.69 Å². The number of aromatic nitrogens is 1. The zero-order valence-corrected chi connectivity index (χ0v) is 15.1. The van der Waals surface area contributed by atoms with E-state index < -0.39 is 12.1 Å². The van der Waals surface area contributed by atoms with E-state index in [0.717, 1.165) is 29.9 Å². The average molecular weight is 340 g/mol. The van der Waals surface area contributed by atoms with Crippen LogP contribution in [0.5, 0.6) is 0 Å². The standard InChI is InChI=1S/C20H24N2O3/c1-12-5-9-17(10-6-12)22-13(2)11-18(14(22)3)20(24)25-15(4)19(23)21-16-7-8-16/h5-6,9-11,15-16H,7-8H2,1-4H3,(H,21,23). The highest BCUT2D eigenvalue weighted by molar-refractivity contribution is 5.93. The van der Waals surface area contributed by atoms with E-state index in [9.17, 15) is 9.59 Å². The topological polar surface area (TPSA) is 60.3 Å². The number of carbonyl (C=O) groups is 2. The minimum atomic E-state index is -0.796. The predicted molar refractivity (Wildman–Crippen MR) is 96.0 cm³/mol. The van der Waals surface area contributed by atoms with Gasteiger partial charge in [-0.2, -0.15) is 0 Å². The fourth-order valence-electron chi connectivity index (χ4n) is 2.88. The lowest BCUT2D eigenvalue weighted by molar-refractivity contribution is -0.129. The average Bonchev–Trinajstić information content (AvgIpc) is 3.32. The van der Waals surface area contributed by atoms with Gasteiger partial charge >= 0.3 is 5.97 Å². The van der Waals surface area contributed by atoms with Crippen LogP contribution < -0.4 is 5.32 Å². The van der Waals surface area contributed by atoms with Crippen molar-refractivity contribution in [2.45, 2.75) is 52.7 Å². The number of ether oxygens (including phenoxy) is 1. The molecule has 1 aromatic heterocycles. The monoisotopic (exact) mass is 340 g/mol. The third-order valence-electron chi connectivity index (χ3n) is 4.52. The van der Waals surface area contributed by atoms with E-state index in [1.165, 1.54) is 5.56 Å². The van der Waals surface area contributed by atoms with E-state index >= 15 is 0 Å². The minimum Gasteiger partial charge on any atom is -0.449 e. The van der Waals surface area contributed by atoms with Crippen LogP contribution in [0.2, 0.25) is 0 Å². The molecule has 1 atom stereocenters. The summed E-state index contributed by atoms with van der Waals surface area (Å²) < 4.78 is 7.39. The van der Waals surface area contributed by atoms with Crippen molar-refractivity contribution in [3.05, 3.63) is 52.8 Å². The Morgan fingerprint density at radius 1 is 1.16 bits per heavy atom. The van der Waals surface area contributed by atoms with Crippen LogP contribution in [0, 0.1) is 20.8 Å². The molecular formula is C20H24N2O3. The molecule has 0 radical (unpaired) electrons. The van der Waals surface area contributed by atoms with E-state index in [0.29, 0.717) is 5.56 Å². The number of benzene rings is 1. The van der Waals surface area contributed by atoms with Crippen LogP contribution in [0.25, 0.3) is 5.69 Å². The molecule has 1 unspecified atom stereocenters. The van der Waals surface area contributed by atoms with Crippen LogP contribution >= 0.6 is 0 Å². The third-order valence-corrected chi connectivity index (χ3v) is 4.52. The van der Waals surface area contributed by atoms with Gasteiger partial charge in [0.2, 0.25) is 0 Å². The highest BCUT2D eigenvalue weighted by atomic mass is 16.5. The van der Waals surface area contributed by atoms with Crippen molar-refractivity contribution in [1.82, 2.24) is 9.88 Å². The van der Waals surface area contributed by atoms with Gasteiger partial charge in [0.05, 0.1) is 5.56 Å². The van der Waals surface area contributed by atoms with Crippen LogP contribution in [0.3, 0.4) is 0 Å². The van der Waals surface area contributed by atoms with Gasteiger partial charge in [0, 0.05) is 23.1 Å². The van der Waals surface area contributed by atoms with Crippen molar-refractivity contribution in [1.29, 1.82) is 0 Å². The molecule has 1 aliphatic carbocycles. The first-order chi connectivity index (χ1) is 11.9. The van der Waals surface area contributed by atoms with Crippen molar-refractivity contribution in [2.75, 3.05) is 0 Å². The molecular weight excluding hydrogens is 316 g/mol. The van der Waals surface area contributed by atoms with Gasteiger partial charge < -0.3 is 14.6 Å². The molecule has 1 aliphatic rings. The van der Waals surface area contributed by atoms with E-state index in [1.807, 2.05) is 55.7 Å². The van der Waals surface area contributed by atoms with Crippen molar-refractivity contribution in [2.24, 2.45) is 0 Å². The lowest BCUT2D eigenvalue weighted by Crippen LogP contribution is -2.37.